The van der Waals surface area contributed by atoms with Crippen LogP contribution in [0.25, 0.3) is 0 Å². The molecule has 130 valence electrons. The molecule has 0 N–H and O–H groups in total. The third-order valence-corrected chi connectivity index (χ3v) is 6.38. The zero-order valence-corrected chi connectivity index (χ0v) is 14.3. The average molecular weight is 353 g/mol. The largest absolute Gasteiger partial charge is 0.425 e. The smallest absolute Gasteiger partial charge is 0.262 e. The number of hydrogen-bond acceptors (Lipinski definition) is 7. The van der Waals surface area contributed by atoms with Crippen LogP contribution in [-0.4, -0.2) is 57.8 Å². The van der Waals surface area contributed by atoms with Gasteiger partial charge in [-0.1, -0.05) is 0 Å². The Hall–Kier alpha value is -1.78. The molecule has 0 aromatic carbocycles. The van der Waals surface area contributed by atoms with Crippen LogP contribution in [0, 0.1) is 6.92 Å². The molecule has 0 unspecified atom stereocenters. The number of sulfonamides is 1. The average Bonchev–Trinajstić information content (AvgIpc) is 3.26. The van der Waals surface area contributed by atoms with E-state index in [1.165, 1.54) is 16.8 Å². The van der Waals surface area contributed by atoms with Crippen molar-refractivity contribution in [3.8, 4) is 0 Å². The van der Waals surface area contributed by atoms with Crippen LogP contribution in [0.1, 0.15) is 30.5 Å². The Kier molecular flexibility index (Phi) is 3.70. The molecule has 2 saturated heterocycles. The van der Waals surface area contributed by atoms with Crippen LogP contribution in [0.3, 0.4) is 0 Å². The maximum Gasteiger partial charge on any atom is 0.262 e. The Morgan fingerprint density at radius 3 is 2.83 bits per heavy atom. The first-order chi connectivity index (χ1) is 11.4. The fourth-order valence-corrected chi connectivity index (χ4v) is 5.17. The minimum Gasteiger partial charge on any atom is -0.425 e. The first kappa shape index (κ1) is 15.7. The van der Waals surface area contributed by atoms with E-state index >= 15 is 0 Å². The van der Waals surface area contributed by atoms with Gasteiger partial charge in [-0.3, -0.25) is 0 Å². The van der Waals surface area contributed by atoms with Gasteiger partial charge in [-0.25, -0.2) is 13.4 Å². The number of rotatable bonds is 3. The summed E-state index contributed by atoms with van der Waals surface area (Å²) in [4.78, 5) is 4.02. The quantitative estimate of drug-likeness (QED) is 0.789. The molecule has 2 aliphatic heterocycles. The maximum absolute atomic E-state index is 13.1. The molecular weight excluding hydrogens is 334 g/mol. The van der Waals surface area contributed by atoms with Crippen LogP contribution in [0.15, 0.2) is 22.0 Å². The minimum absolute atomic E-state index is 0.0537. The summed E-state index contributed by atoms with van der Waals surface area (Å²) in [5.41, 5.74) is 0. The Morgan fingerprint density at radius 1 is 1.33 bits per heavy atom. The van der Waals surface area contributed by atoms with Crippen LogP contribution >= 0.6 is 0 Å². The first-order valence-corrected chi connectivity index (χ1v) is 9.30. The number of piperidine rings is 1. The highest BCUT2D eigenvalue weighted by molar-refractivity contribution is 7.89. The number of aromatic nitrogens is 4. The molecule has 2 aromatic rings. The molecule has 0 radical (unpaired) electrons. The van der Waals surface area contributed by atoms with Gasteiger partial charge < -0.3 is 13.7 Å². The van der Waals surface area contributed by atoms with E-state index in [0.717, 1.165) is 0 Å². The number of ether oxygens (including phenoxy) is 1. The Bertz CT molecular complexity index is 845. The van der Waals surface area contributed by atoms with E-state index in [1.54, 1.807) is 18.5 Å². The summed E-state index contributed by atoms with van der Waals surface area (Å²) >= 11 is 0. The molecule has 24 heavy (non-hydrogen) atoms. The summed E-state index contributed by atoms with van der Waals surface area (Å²) < 4.78 is 40.5. The normalized spacial score (nSPS) is 28.2. The fraction of sp³-hybridized carbons (Fsp3) is 0.643. The predicted molar refractivity (Wildman–Crippen MR) is 81.6 cm³/mol. The zero-order chi connectivity index (χ0) is 16.9. The molecule has 0 spiro atoms. The number of hydrogen-bond donors (Lipinski definition) is 0. The van der Waals surface area contributed by atoms with E-state index < -0.39 is 10.0 Å². The topological polar surface area (TPSA) is 103 Å². The van der Waals surface area contributed by atoms with Gasteiger partial charge in [0.1, 0.15) is 0 Å². The van der Waals surface area contributed by atoms with Crippen molar-refractivity contribution >= 4 is 10.0 Å². The van der Waals surface area contributed by atoms with E-state index in [9.17, 15) is 8.42 Å². The van der Waals surface area contributed by atoms with Gasteiger partial charge in [-0.2, -0.15) is 4.31 Å². The Labute approximate surface area is 139 Å². The molecule has 9 nitrogen and oxygen atoms in total. The zero-order valence-electron chi connectivity index (χ0n) is 13.5. The molecule has 4 rings (SSSR count). The SMILES string of the molecule is Cc1nnc([C@H]2C[C@H]3OCC[C@H]3N(S(=O)(=O)c3cn(C)cn3)C2)o1. The van der Waals surface area contributed by atoms with Gasteiger partial charge in [-0.05, 0) is 12.8 Å². The van der Waals surface area contributed by atoms with Crippen molar-refractivity contribution in [2.75, 3.05) is 13.2 Å². The van der Waals surface area contributed by atoms with Gasteiger partial charge in [0, 0.05) is 33.3 Å². The van der Waals surface area contributed by atoms with Gasteiger partial charge in [-0.15, -0.1) is 10.2 Å². The molecule has 0 bridgehead atoms. The molecule has 10 heteroatoms. The second kappa shape index (κ2) is 5.64. The van der Waals surface area contributed by atoms with Crippen LogP contribution in [0.2, 0.25) is 0 Å². The van der Waals surface area contributed by atoms with Crippen LogP contribution in [0.4, 0.5) is 0 Å². The van der Waals surface area contributed by atoms with Crippen molar-refractivity contribution in [1.29, 1.82) is 0 Å². The van der Waals surface area contributed by atoms with Gasteiger partial charge in [0.25, 0.3) is 10.0 Å². The minimum atomic E-state index is -3.70. The molecular formula is C14H19N5O4S. The molecule has 2 fully saturated rings. The van der Waals surface area contributed by atoms with Crippen molar-refractivity contribution in [2.45, 2.75) is 42.9 Å². The Morgan fingerprint density at radius 2 is 2.17 bits per heavy atom. The summed E-state index contributed by atoms with van der Waals surface area (Å²) in [5, 5.41) is 7.97. The maximum atomic E-state index is 13.1. The number of imidazole rings is 1. The fourth-order valence-electron chi connectivity index (χ4n) is 3.47. The summed E-state index contributed by atoms with van der Waals surface area (Å²) in [6.45, 7) is 2.57. The second-order valence-electron chi connectivity index (χ2n) is 6.31. The lowest BCUT2D eigenvalue weighted by atomic mass is 9.92. The third kappa shape index (κ3) is 2.54. The third-order valence-electron chi connectivity index (χ3n) is 4.61. The molecule has 2 aliphatic rings. The Balaban J connectivity index is 1.69. The number of aryl methyl sites for hydroxylation is 2. The van der Waals surface area contributed by atoms with Crippen molar-refractivity contribution in [3.05, 3.63) is 24.3 Å². The van der Waals surface area contributed by atoms with Gasteiger partial charge >= 0.3 is 0 Å². The van der Waals surface area contributed by atoms with Gasteiger partial charge in [0.05, 0.1) is 24.4 Å². The van der Waals surface area contributed by atoms with E-state index in [4.69, 9.17) is 9.15 Å². The number of nitrogens with zero attached hydrogens (tertiary/aromatic N) is 5. The van der Waals surface area contributed by atoms with E-state index in [1.807, 2.05) is 0 Å². The van der Waals surface area contributed by atoms with Gasteiger partial charge in [0.2, 0.25) is 11.8 Å². The summed E-state index contributed by atoms with van der Waals surface area (Å²) in [6, 6.07) is -0.169. The van der Waals surface area contributed by atoms with Crippen LogP contribution in [0.5, 0.6) is 0 Å². The van der Waals surface area contributed by atoms with Crippen molar-refractivity contribution < 1.29 is 17.6 Å². The van der Waals surface area contributed by atoms with E-state index in [2.05, 4.69) is 15.2 Å². The highest BCUT2D eigenvalue weighted by Crippen LogP contribution is 2.38. The lowest BCUT2D eigenvalue weighted by molar-refractivity contribution is 0.0426. The van der Waals surface area contributed by atoms with E-state index in [0.29, 0.717) is 37.8 Å². The molecule has 3 atom stereocenters. The van der Waals surface area contributed by atoms with Crippen molar-refractivity contribution in [3.63, 3.8) is 0 Å². The predicted octanol–water partition coefficient (Wildman–Crippen LogP) is 0.447. The van der Waals surface area contributed by atoms with Crippen LogP contribution in [-0.2, 0) is 21.8 Å². The van der Waals surface area contributed by atoms with Gasteiger partial charge in [0.15, 0.2) is 5.03 Å². The molecule has 0 aliphatic carbocycles. The first-order valence-electron chi connectivity index (χ1n) is 7.86. The standard InChI is InChI=1S/C14H19N5O4S/c1-9-16-17-14(23-9)10-5-12-11(3-4-22-12)19(6-10)24(20,21)13-7-18(2)8-15-13/h7-8,10-12H,3-6H2,1-2H3/t10-,11+,12+/m0/s1. The van der Waals surface area contributed by atoms with Crippen molar-refractivity contribution in [1.82, 2.24) is 24.1 Å². The highest BCUT2D eigenvalue weighted by Gasteiger charge is 2.47. The molecule has 2 aromatic heterocycles. The monoisotopic (exact) mass is 353 g/mol. The molecule has 0 amide bonds. The highest BCUT2D eigenvalue weighted by atomic mass is 32.2. The van der Waals surface area contributed by atoms with Crippen molar-refractivity contribution in [2.24, 2.45) is 7.05 Å². The second-order valence-corrected chi connectivity index (χ2v) is 8.15. The summed E-state index contributed by atoms with van der Waals surface area (Å²) in [6.07, 6.45) is 4.21. The molecule has 0 saturated carbocycles. The molecule has 4 heterocycles. The number of fused-ring (bicyclic) bond motifs is 1. The summed E-state index contributed by atoms with van der Waals surface area (Å²) in [7, 11) is -1.95. The van der Waals surface area contributed by atoms with E-state index in [-0.39, 0.29) is 23.1 Å². The lowest BCUT2D eigenvalue weighted by Crippen LogP contribution is -2.51. The summed E-state index contributed by atoms with van der Waals surface area (Å²) in [5.74, 6) is 0.755. The van der Waals surface area contributed by atoms with Crippen LogP contribution < -0.4 is 0 Å². The lowest BCUT2D eigenvalue weighted by Gasteiger charge is -2.38.